The number of halogens is 2. The van der Waals surface area contributed by atoms with Gasteiger partial charge in [0.25, 0.3) is 0 Å². The predicted molar refractivity (Wildman–Crippen MR) is 58.3 cm³/mol. The van der Waals surface area contributed by atoms with E-state index in [0.717, 1.165) is 11.1 Å². The monoisotopic (exact) mass is 224 g/mol. The first kappa shape index (κ1) is 10.2. The first-order valence-corrected chi connectivity index (χ1v) is 4.91. The summed E-state index contributed by atoms with van der Waals surface area (Å²) in [6, 6.07) is 3.37. The minimum atomic E-state index is -0.363. The number of hydrogen-bond acceptors (Lipinski definition) is 1. The van der Waals surface area contributed by atoms with Crippen molar-refractivity contribution in [2.24, 2.45) is 7.05 Å². The molecule has 2 rings (SSSR count). The van der Waals surface area contributed by atoms with Crippen LogP contribution < -0.4 is 0 Å². The van der Waals surface area contributed by atoms with Gasteiger partial charge in [-0.15, -0.1) is 0 Å². The van der Waals surface area contributed by atoms with Crippen LogP contribution in [0.2, 0.25) is 5.02 Å². The predicted octanol–water partition coefficient (Wildman–Crippen LogP) is 3.19. The molecule has 0 aliphatic carbocycles. The highest BCUT2D eigenvalue weighted by atomic mass is 35.5. The van der Waals surface area contributed by atoms with Gasteiger partial charge in [0.15, 0.2) is 0 Å². The first-order valence-electron chi connectivity index (χ1n) is 4.53. The summed E-state index contributed by atoms with van der Waals surface area (Å²) >= 11 is 5.68. The zero-order valence-electron chi connectivity index (χ0n) is 8.46. The Morgan fingerprint density at radius 3 is 2.73 bits per heavy atom. The lowest BCUT2D eigenvalue weighted by molar-refractivity contribution is 0.619. The minimum absolute atomic E-state index is 0.153. The van der Waals surface area contributed by atoms with E-state index < -0.39 is 0 Å². The Morgan fingerprint density at radius 2 is 2.13 bits per heavy atom. The molecular formula is C11H10ClFN2. The third-order valence-electron chi connectivity index (χ3n) is 2.36. The quantitative estimate of drug-likeness (QED) is 0.728. The molecule has 1 aromatic carbocycles. The Labute approximate surface area is 92.3 Å². The van der Waals surface area contributed by atoms with Gasteiger partial charge in [-0.1, -0.05) is 17.7 Å². The molecule has 0 spiro atoms. The van der Waals surface area contributed by atoms with Crippen LogP contribution in [0, 0.1) is 12.7 Å². The third-order valence-corrected chi connectivity index (χ3v) is 2.65. The van der Waals surface area contributed by atoms with Crippen LogP contribution in [0.3, 0.4) is 0 Å². The molecule has 0 atom stereocenters. The van der Waals surface area contributed by atoms with Gasteiger partial charge in [0.05, 0.1) is 11.2 Å². The van der Waals surface area contributed by atoms with Gasteiger partial charge in [-0.3, -0.25) is 4.68 Å². The number of benzene rings is 1. The van der Waals surface area contributed by atoms with Crippen molar-refractivity contribution >= 4 is 11.6 Å². The molecule has 2 nitrogen and oxygen atoms in total. The van der Waals surface area contributed by atoms with E-state index in [1.54, 1.807) is 29.9 Å². The van der Waals surface area contributed by atoms with Crippen molar-refractivity contribution in [1.82, 2.24) is 9.78 Å². The lowest BCUT2D eigenvalue weighted by Crippen LogP contribution is -1.88. The normalized spacial score (nSPS) is 10.7. The lowest BCUT2D eigenvalue weighted by Gasteiger charge is -2.05. The van der Waals surface area contributed by atoms with Gasteiger partial charge in [-0.25, -0.2) is 4.39 Å². The highest BCUT2D eigenvalue weighted by Crippen LogP contribution is 2.28. The van der Waals surface area contributed by atoms with E-state index in [2.05, 4.69) is 5.10 Å². The molecule has 0 bridgehead atoms. The van der Waals surface area contributed by atoms with Crippen LogP contribution in [-0.4, -0.2) is 9.78 Å². The number of hydrogen-bond donors (Lipinski definition) is 0. The topological polar surface area (TPSA) is 17.8 Å². The zero-order valence-corrected chi connectivity index (χ0v) is 9.22. The van der Waals surface area contributed by atoms with Crippen LogP contribution in [0.25, 0.3) is 11.1 Å². The molecule has 0 unspecified atom stereocenters. The summed E-state index contributed by atoms with van der Waals surface area (Å²) in [7, 11) is 1.82. The van der Waals surface area contributed by atoms with Crippen LogP contribution >= 0.6 is 11.6 Å². The molecule has 15 heavy (non-hydrogen) atoms. The lowest BCUT2D eigenvalue weighted by atomic mass is 10.0. The van der Waals surface area contributed by atoms with E-state index in [1.165, 1.54) is 0 Å². The molecule has 1 aromatic heterocycles. The van der Waals surface area contributed by atoms with Gasteiger partial charge in [0, 0.05) is 18.8 Å². The molecule has 2 aromatic rings. The van der Waals surface area contributed by atoms with Gasteiger partial charge in [0.1, 0.15) is 5.82 Å². The Balaban J connectivity index is 2.59. The van der Waals surface area contributed by atoms with Gasteiger partial charge in [-0.05, 0) is 24.1 Å². The van der Waals surface area contributed by atoms with Crippen molar-refractivity contribution < 1.29 is 4.39 Å². The molecule has 1 heterocycles. The molecule has 0 saturated heterocycles. The molecule has 78 valence electrons. The van der Waals surface area contributed by atoms with Crippen molar-refractivity contribution in [3.05, 3.63) is 40.9 Å². The average Bonchev–Trinajstić information content (AvgIpc) is 2.61. The maximum Gasteiger partial charge on any atom is 0.145 e. The van der Waals surface area contributed by atoms with E-state index >= 15 is 0 Å². The molecule has 0 aliphatic rings. The van der Waals surface area contributed by atoms with Crippen molar-refractivity contribution in [2.75, 3.05) is 0 Å². The summed E-state index contributed by atoms with van der Waals surface area (Å²) < 4.78 is 15.2. The molecule has 0 aliphatic heterocycles. The second-order valence-corrected chi connectivity index (χ2v) is 3.84. The van der Waals surface area contributed by atoms with Gasteiger partial charge < -0.3 is 0 Å². The second-order valence-electron chi connectivity index (χ2n) is 3.44. The fourth-order valence-electron chi connectivity index (χ4n) is 1.53. The number of aromatic nitrogens is 2. The summed E-state index contributed by atoms with van der Waals surface area (Å²) in [5.74, 6) is -0.363. The third kappa shape index (κ3) is 1.75. The molecule has 0 saturated carbocycles. The number of rotatable bonds is 1. The first-order chi connectivity index (χ1) is 7.09. The smallest absolute Gasteiger partial charge is 0.145 e. The van der Waals surface area contributed by atoms with E-state index in [0.29, 0.717) is 5.56 Å². The van der Waals surface area contributed by atoms with Gasteiger partial charge in [0.2, 0.25) is 0 Å². The standard InChI is InChI=1S/C11H10ClFN2/c1-7-9(3-4-10(12)11(7)13)8-5-14-15(2)6-8/h3-6H,1-2H3. The summed E-state index contributed by atoms with van der Waals surface area (Å²) in [5, 5.41) is 4.20. The molecule has 0 radical (unpaired) electrons. The Kier molecular flexibility index (Phi) is 2.49. The van der Waals surface area contributed by atoms with Crippen molar-refractivity contribution in [1.29, 1.82) is 0 Å². The number of aryl methyl sites for hydroxylation is 1. The van der Waals surface area contributed by atoms with Crippen LogP contribution in [-0.2, 0) is 7.05 Å². The van der Waals surface area contributed by atoms with Crippen LogP contribution in [0.5, 0.6) is 0 Å². The van der Waals surface area contributed by atoms with E-state index in [1.807, 2.05) is 13.2 Å². The molecule has 4 heteroatoms. The molecular weight excluding hydrogens is 215 g/mol. The molecule has 0 fully saturated rings. The highest BCUT2D eigenvalue weighted by Gasteiger charge is 2.10. The fraction of sp³-hybridized carbons (Fsp3) is 0.182. The molecule has 0 amide bonds. The highest BCUT2D eigenvalue weighted by molar-refractivity contribution is 6.30. The van der Waals surface area contributed by atoms with Crippen LogP contribution in [0.1, 0.15) is 5.56 Å². The van der Waals surface area contributed by atoms with Crippen LogP contribution in [0.4, 0.5) is 4.39 Å². The largest absolute Gasteiger partial charge is 0.275 e. The minimum Gasteiger partial charge on any atom is -0.275 e. The maximum atomic E-state index is 13.5. The van der Waals surface area contributed by atoms with Crippen molar-refractivity contribution in [2.45, 2.75) is 6.92 Å². The second kappa shape index (κ2) is 3.66. The van der Waals surface area contributed by atoms with Crippen molar-refractivity contribution in [3.63, 3.8) is 0 Å². The Morgan fingerprint density at radius 1 is 1.40 bits per heavy atom. The summed E-state index contributed by atoms with van der Waals surface area (Å²) in [5.41, 5.74) is 2.27. The Hall–Kier alpha value is -1.35. The van der Waals surface area contributed by atoms with Gasteiger partial charge in [-0.2, -0.15) is 5.10 Å². The number of nitrogens with zero attached hydrogens (tertiary/aromatic N) is 2. The average molecular weight is 225 g/mol. The van der Waals surface area contributed by atoms with Crippen molar-refractivity contribution in [3.8, 4) is 11.1 Å². The fourth-order valence-corrected chi connectivity index (χ4v) is 1.73. The van der Waals surface area contributed by atoms with E-state index in [4.69, 9.17) is 11.6 Å². The van der Waals surface area contributed by atoms with E-state index in [-0.39, 0.29) is 10.8 Å². The molecule has 0 N–H and O–H groups in total. The summed E-state index contributed by atoms with van der Waals surface area (Å²) in [6.07, 6.45) is 3.55. The Bertz CT molecular complexity index is 505. The maximum absolute atomic E-state index is 13.5. The van der Waals surface area contributed by atoms with Crippen LogP contribution in [0.15, 0.2) is 24.5 Å². The summed E-state index contributed by atoms with van der Waals surface area (Å²) in [6.45, 7) is 1.71. The summed E-state index contributed by atoms with van der Waals surface area (Å²) in [4.78, 5) is 0. The van der Waals surface area contributed by atoms with Gasteiger partial charge >= 0.3 is 0 Å². The zero-order chi connectivity index (χ0) is 11.0. The van der Waals surface area contributed by atoms with E-state index in [9.17, 15) is 4.39 Å². The SMILES string of the molecule is Cc1c(-c2cnn(C)c2)ccc(Cl)c1F.